The predicted octanol–water partition coefficient (Wildman–Crippen LogP) is 5.54. The SMILES string of the molecule is C=C(C)c1ccc(COc2cc(OC)ccc2C(=O)c2ccccc2)cc1. The van der Waals surface area contributed by atoms with E-state index in [0.29, 0.717) is 29.2 Å². The summed E-state index contributed by atoms with van der Waals surface area (Å²) in [5.74, 6) is 1.07. The van der Waals surface area contributed by atoms with E-state index in [0.717, 1.165) is 16.7 Å². The van der Waals surface area contributed by atoms with Gasteiger partial charge >= 0.3 is 0 Å². The van der Waals surface area contributed by atoms with Crippen LogP contribution in [0.1, 0.15) is 34.0 Å². The van der Waals surface area contributed by atoms with Gasteiger partial charge in [0.05, 0.1) is 12.7 Å². The first-order valence-corrected chi connectivity index (χ1v) is 8.74. The topological polar surface area (TPSA) is 35.5 Å². The molecule has 0 heterocycles. The highest BCUT2D eigenvalue weighted by molar-refractivity contribution is 6.10. The molecular formula is C24H22O3. The maximum Gasteiger partial charge on any atom is 0.196 e. The number of ketones is 1. The van der Waals surface area contributed by atoms with Crippen molar-refractivity contribution in [3.63, 3.8) is 0 Å². The molecule has 0 aromatic heterocycles. The third kappa shape index (κ3) is 4.45. The van der Waals surface area contributed by atoms with Crippen molar-refractivity contribution in [1.29, 1.82) is 0 Å². The Kier molecular flexibility index (Phi) is 5.72. The Bertz CT molecular complexity index is 941. The van der Waals surface area contributed by atoms with E-state index in [1.165, 1.54) is 0 Å². The molecule has 3 rings (SSSR count). The van der Waals surface area contributed by atoms with Crippen LogP contribution in [0.15, 0.2) is 79.4 Å². The zero-order valence-corrected chi connectivity index (χ0v) is 15.6. The van der Waals surface area contributed by atoms with Crippen LogP contribution in [0.25, 0.3) is 5.57 Å². The van der Waals surface area contributed by atoms with E-state index in [2.05, 4.69) is 6.58 Å². The number of hydrogen-bond donors (Lipinski definition) is 0. The molecule has 0 amide bonds. The van der Waals surface area contributed by atoms with Crippen LogP contribution in [-0.2, 0) is 6.61 Å². The van der Waals surface area contributed by atoms with Crippen LogP contribution in [0.4, 0.5) is 0 Å². The Balaban J connectivity index is 1.84. The monoisotopic (exact) mass is 358 g/mol. The number of carbonyl (C=O) groups excluding carboxylic acids is 1. The van der Waals surface area contributed by atoms with Crippen molar-refractivity contribution in [2.24, 2.45) is 0 Å². The average Bonchev–Trinajstić information content (AvgIpc) is 2.72. The summed E-state index contributed by atoms with van der Waals surface area (Å²) in [7, 11) is 1.59. The van der Waals surface area contributed by atoms with E-state index < -0.39 is 0 Å². The molecule has 0 aliphatic heterocycles. The molecule has 3 aromatic rings. The summed E-state index contributed by atoms with van der Waals surface area (Å²) < 4.78 is 11.3. The standard InChI is InChI=1S/C24H22O3/c1-17(2)19-11-9-18(10-12-19)16-27-23-15-21(26-3)13-14-22(23)24(25)20-7-5-4-6-8-20/h4-15H,1,16H2,2-3H3. The molecular weight excluding hydrogens is 336 g/mol. The van der Waals surface area contributed by atoms with E-state index >= 15 is 0 Å². The van der Waals surface area contributed by atoms with Crippen molar-refractivity contribution in [3.05, 3.63) is 102 Å². The van der Waals surface area contributed by atoms with Crippen LogP contribution >= 0.6 is 0 Å². The third-order valence-corrected chi connectivity index (χ3v) is 4.31. The van der Waals surface area contributed by atoms with Gasteiger partial charge in [-0.15, -0.1) is 0 Å². The van der Waals surface area contributed by atoms with E-state index in [-0.39, 0.29) is 5.78 Å². The van der Waals surface area contributed by atoms with Gasteiger partial charge in [-0.25, -0.2) is 0 Å². The molecule has 0 bridgehead atoms. The first-order valence-electron chi connectivity index (χ1n) is 8.74. The molecule has 0 fully saturated rings. The van der Waals surface area contributed by atoms with Crippen molar-refractivity contribution in [2.75, 3.05) is 7.11 Å². The van der Waals surface area contributed by atoms with Crippen LogP contribution < -0.4 is 9.47 Å². The molecule has 0 radical (unpaired) electrons. The highest BCUT2D eigenvalue weighted by Crippen LogP contribution is 2.28. The minimum Gasteiger partial charge on any atom is -0.497 e. The number of rotatable bonds is 7. The molecule has 0 N–H and O–H groups in total. The lowest BCUT2D eigenvalue weighted by molar-refractivity contribution is 0.103. The van der Waals surface area contributed by atoms with Gasteiger partial charge in [-0.1, -0.05) is 66.7 Å². The second kappa shape index (κ2) is 8.37. The number of allylic oxidation sites excluding steroid dienone is 1. The van der Waals surface area contributed by atoms with Gasteiger partial charge in [-0.2, -0.15) is 0 Å². The quantitative estimate of drug-likeness (QED) is 0.520. The number of benzene rings is 3. The minimum atomic E-state index is -0.0779. The van der Waals surface area contributed by atoms with Crippen LogP contribution in [0, 0.1) is 0 Å². The summed E-state index contributed by atoms with van der Waals surface area (Å²) in [4.78, 5) is 12.9. The lowest BCUT2D eigenvalue weighted by atomic mass is 10.0. The number of hydrogen-bond acceptors (Lipinski definition) is 3. The van der Waals surface area contributed by atoms with Crippen molar-refractivity contribution >= 4 is 11.4 Å². The molecule has 0 atom stereocenters. The molecule has 3 nitrogen and oxygen atoms in total. The van der Waals surface area contributed by atoms with Crippen molar-refractivity contribution in [1.82, 2.24) is 0 Å². The summed E-state index contributed by atoms with van der Waals surface area (Å²) in [6, 6.07) is 22.5. The average molecular weight is 358 g/mol. The molecule has 0 aliphatic rings. The van der Waals surface area contributed by atoms with Gasteiger partial charge in [0.2, 0.25) is 0 Å². The molecule has 27 heavy (non-hydrogen) atoms. The van der Waals surface area contributed by atoms with Gasteiger partial charge < -0.3 is 9.47 Å². The van der Waals surface area contributed by atoms with Crippen molar-refractivity contribution in [2.45, 2.75) is 13.5 Å². The molecule has 3 aromatic carbocycles. The van der Waals surface area contributed by atoms with E-state index in [4.69, 9.17) is 9.47 Å². The van der Waals surface area contributed by atoms with Crippen LogP contribution in [0.2, 0.25) is 0 Å². The first kappa shape index (κ1) is 18.5. The summed E-state index contributed by atoms with van der Waals surface area (Å²) in [6.45, 7) is 6.28. The summed E-state index contributed by atoms with van der Waals surface area (Å²) in [5, 5.41) is 0. The van der Waals surface area contributed by atoms with Crippen LogP contribution in [0.5, 0.6) is 11.5 Å². The molecule has 3 heteroatoms. The molecule has 0 saturated carbocycles. The van der Waals surface area contributed by atoms with E-state index in [9.17, 15) is 4.79 Å². The molecule has 0 saturated heterocycles. The highest BCUT2D eigenvalue weighted by atomic mass is 16.5. The van der Waals surface area contributed by atoms with Crippen molar-refractivity contribution in [3.8, 4) is 11.5 Å². The smallest absolute Gasteiger partial charge is 0.196 e. The second-order valence-electron chi connectivity index (χ2n) is 6.32. The Morgan fingerprint density at radius 1 is 0.926 bits per heavy atom. The fourth-order valence-corrected chi connectivity index (χ4v) is 2.73. The van der Waals surface area contributed by atoms with Gasteiger partial charge in [0, 0.05) is 11.6 Å². The minimum absolute atomic E-state index is 0.0779. The molecule has 0 unspecified atom stereocenters. The normalized spacial score (nSPS) is 10.3. The number of ether oxygens (including phenoxy) is 2. The number of carbonyl (C=O) groups is 1. The van der Waals surface area contributed by atoms with E-state index in [1.807, 2.05) is 49.4 Å². The van der Waals surface area contributed by atoms with E-state index in [1.54, 1.807) is 37.4 Å². The fraction of sp³-hybridized carbons (Fsp3) is 0.125. The van der Waals surface area contributed by atoms with Gasteiger partial charge in [0.1, 0.15) is 18.1 Å². The van der Waals surface area contributed by atoms with Crippen molar-refractivity contribution < 1.29 is 14.3 Å². The van der Waals surface area contributed by atoms with Gasteiger partial charge in [0.15, 0.2) is 5.78 Å². The first-order chi connectivity index (χ1) is 13.1. The molecule has 0 spiro atoms. The lowest BCUT2D eigenvalue weighted by Gasteiger charge is -2.13. The Morgan fingerprint density at radius 2 is 1.63 bits per heavy atom. The Hall–Kier alpha value is -3.33. The highest BCUT2D eigenvalue weighted by Gasteiger charge is 2.16. The fourth-order valence-electron chi connectivity index (χ4n) is 2.73. The third-order valence-electron chi connectivity index (χ3n) is 4.31. The Morgan fingerprint density at radius 3 is 2.26 bits per heavy atom. The van der Waals surface area contributed by atoms with Gasteiger partial charge in [-0.3, -0.25) is 4.79 Å². The zero-order valence-electron chi connectivity index (χ0n) is 15.6. The van der Waals surface area contributed by atoms with Crippen LogP contribution in [0.3, 0.4) is 0 Å². The van der Waals surface area contributed by atoms with Crippen LogP contribution in [-0.4, -0.2) is 12.9 Å². The summed E-state index contributed by atoms with van der Waals surface area (Å²) in [5.41, 5.74) is 4.27. The summed E-state index contributed by atoms with van der Waals surface area (Å²) >= 11 is 0. The Labute approximate surface area is 159 Å². The lowest BCUT2D eigenvalue weighted by Crippen LogP contribution is -2.06. The molecule has 136 valence electrons. The molecule has 0 aliphatic carbocycles. The van der Waals surface area contributed by atoms with Gasteiger partial charge in [-0.05, 0) is 30.2 Å². The maximum absolute atomic E-state index is 12.9. The summed E-state index contributed by atoms with van der Waals surface area (Å²) in [6.07, 6.45) is 0. The van der Waals surface area contributed by atoms with Gasteiger partial charge in [0.25, 0.3) is 0 Å². The largest absolute Gasteiger partial charge is 0.497 e. The zero-order chi connectivity index (χ0) is 19.2. The maximum atomic E-state index is 12.9. The second-order valence-corrected chi connectivity index (χ2v) is 6.32. The number of methoxy groups -OCH3 is 1. The predicted molar refractivity (Wildman–Crippen MR) is 108 cm³/mol.